The Labute approximate surface area is 618 Å². The SMILES string of the molecule is CCCCCCCCC1(CCCCCCCC)c2cc3c(cc2-c2cc4c(cc21)-c1c(cc(-c2ccc(-c5cccc6c5oc5c(-c7ccccc7)cccc56)cc2)c2ccccc12)C4(C)C)C(C)(C)c1cc(-c2ccc(-c4cccc5c4oc4c(-c6ccccc6)cccc45)cc2)c2ccccc2c1-3. The van der Waals surface area contributed by atoms with Crippen molar-refractivity contribution in [1.29, 1.82) is 0 Å². The zero-order valence-corrected chi connectivity index (χ0v) is 61.6. The van der Waals surface area contributed by atoms with E-state index < -0.39 is 0 Å². The van der Waals surface area contributed by atoms with E-state index in [9.17, 15) is 0 Å². The van der Waals surface area contributed by atoms with Crippen molar-refractivity contribution in [3.8, 4) is 100 Å². The number of fused-ring (bicyclic) bond motifs is 19. The molecule has 0 N–H and O–H groups in total. The highest BCUT2D eigenvalue weighted by Crippen LogP contribution is 2.64. The van der Waals surface area contributed by atoms with E-state index in [1.165, 1.54) is 176 Å². The summed E-state index contributed by atoms with van der Waals surface area (Å²) in [6.07, 6.45) is 17.7. The second-order valence-corrected chi connectivity index (χ2v) is 31.9. The van der Waals surface area contributed by atoms with Crippen molar-refractivity contribution >= 4 is 65.4 Å². The van der Waals surface area contributed by atoms with Gasteiger partial charge in [0.05, 0.1) is 0 Å². The first-order chi connectivity index (χ1) is 51.5. The van der Waals surface area contributed by atoms with E-state index >= 15 is 0 Å². The van der Waals surface area contributed by atoms with Gasteiger partial charge in [0.25, 0.3) is 0 Å². The largest absolute Gasteiger partial charge is 0.455 e. The number of hydrogen-bond donors (Lipinski definition) is 0. The van der Waals surface area contributed by atoms with E-state index in [0.29, 0.717) is 0 Å². The average molecular weight is 1360 g/mol. The molecule has 2 nitrogen and oxygen atoms in total. The van der Waals surface area contributed by atoms with Crippen LogP contribution in [-0.4, -0.2) is 0 Å². The van der Waals surface area contributed by atoms with E-state index in [1.54, 1.807) is 11.1 Å². The second-order valence-electron chi connectivity index (χ2n) is 31.9. The van der Waals surface area contributed by atoms with Crippen LogP contribution in [0, 0.1) is 0 Å². The van der Waals surface area contributed by atoms with Crippen LogP contribution < -0.4 is 0 Å². The maximum atomic E-state index is 6.94. The fourth-order valence-corrected chi connectivity index (χ4v) is 19.6. The topological polar surface area (TPSA) is 26.3 Å². The summed E-state index contributed by atoms with van der Waals surface area (Å²) in [7, 11) is 0. The van der Waals surface area contributed by atoms with E-state index in [-0.39, 0.29) is 16.2 Å². The molecule has 2 aromatic heterocycles. The highest BCUT2D eigenvalue weighted by atomic mass is 16.3. The van der Waals surface area contributed by atoms with Crippen LogP contribution in [0.3, 0.4) is 0 Å². The Hall–Kier alpha value is -10.8. The first-order valence-corrected chi connectivity index (χ1v) is 39.2. The number of benzene rings is 14. The van der Waals surface area contributed by atoms with Crippen molar-refractivity contribution < 1.29 is 8.83 Å². The van der Waals surface area contributed by atoms with E-state index in [0.717, 1.165) is 101 Å². The first-order valence-electron chi connectivity index (χ1n) is 39.2. The van der Waals surface area contributed by atoms with Gasteiger partial charge in [-0.05, 0) is 182 Å². The van der Waals surface area contributed by atoms with Gasteiger partial charge in [0, 0.05) is 60.0 Å². The Morgan fingerprint density at radius 2 is 0.495 bits per heavy atom. The Morgan fingerprint density at radius 1 is 0.219 bits per heavy atom. The summed E-state index contributed by atoms with van der Waals surface area (Å²) in [5.41, 5.74) is 34.6. The molecule has 0 unspecified atom stereocenters. The second kappa shape index (κ2) is 25.8. The summed E-state index contributed by atoms with van der Waals surface area (Å²) >= 11 is 0. The monoisotopic (exact) mass is 1360 g/mol. The molecule has 2 heterocycles. The van der Waals surface area contributed by atoms with Crippen molar-refractivity contribution in [2.24, 2.45) is 0 Å². The summed E-state index contributed by atoms with van der Waals surface area (Å²) in [6.45, 7) is 14.7. The number of furan rings is 2. The van der Waals surface area contributed by atoms with Gasteiger partial charge < -0.3 is 8.83 Å². The van der Waals surface area contributed by atoms with Gasteiger partial charge in [0.2, 0.25) is 0 Å². The molecule has 14 aromatic carbocycles. The molecule has 0 bridgehead atoms. The van der Waals surface area contributed by atoms with Crippen LogP contribution in [0.15, 0.2) is 276 Å². The van der Waals surface area contributed by atoms with Crippen molar-refractivity contribution in [1.82, 2.24) is 0 Å². The van der Waals surface area contributed by atoms with Gasteiger partial charge in [0.15, 0.2) is 0 Å². The fourth-order valence-electron chi connectivity index (χ4n) is 19.6. The van der Waals surface area contributed by atoms with Crippen molar-refractivity contribution in [3.05, 3.63) is 300 Å². The predicted molar refractivity (Wildman–Crippen MR) is 446 cm³/mol. The third-order valence-corrected chi connectivity index (χ3v) is 25.1. The van der Waals surface area contributed by atoms with E-state index in [1.807, 2.05) is 0 Å². The van der Waals surface area contributed by atoms with Gasteiger partial charge >= 0.3 is 0 Å². The quantitative estimate of drug-likeness (QED) is 0.0711. The van der Waals surface area contributed by atoms with Gasteiger partial charge in [-0.1, -0.05) is 349 Å². The third-order valence-electron chi connectivity index (χ3n) is 25.1. The minimum Gasteiger partial charge on any atom is -0.455 e. The summed E-state index contributed by atoms with van der Waals surface area (Å²) in [5, 5.41) is 9.84. The number of para-hydroxylation sites is 4. The highest BCUT2D eigenvalue weighted by molar-refractivity contribution is 6.16. The molecule has 105 heavy (non-hydrogen) atoms. The zero-order chi connectivity index (χ0) is 70.7. The maximum Gasteiger partial charge on any atom is 0.143 e. The van der Waals surface area contributed by atoms with Gasteiger partial charge in [-0.15, -0.1) is 0 Å². The standard InChI is InChI=1S/C103H90O2/c1-7-9-11-13-15-27-57-103(58-28-16-14-12-10-8-2)91-63-87-89(101(3,4)93-59-83(75-37-23-25-39-77(75)95(87)93)69-53-49-67(50-54-69)73-43-31-47-81-79-45-29-41-71(97(79)104-99(73)81)65-33-19-17-20-34-65)61-85(91)86-62-90-88(64-92(86)103)96-78-40-26-24-38-76(78)84(60-94(96)102(90,5)6)70-55-51-68(52-56-70)74-44-32-48-82-80-46-30-42-72(98(80)105-100(74)82)66-35-21-18-22-36-66/h17-26,29-56,59-64H,7-16,27-28,57-58H2,1-6H3. The van der Waals surface area contributed by atoms with Crippen LogP contribution in [0.1, 0.15) is 165 Å². The lowest BCUT2D eigenvalue weighted by Crippen LogP contribution is -2.26. The Bertz CT molecular complexity index is 5710. The third kappa shape index (κ3) is 10.4. The number of unbranched alkanes of at least 4 members (excludes halogenated alkanes) is 10. The zero-order valence-electron chi connectivity index (χ0n) is 61.6. The average Bonchev–Trinajstić information content (AvgIpc) is 1.52. The molecule has 3 aliphatic carbocycles. The predicted octanol–water partition coefficient (Wildman–Crippen LogP) is 30.2. The summed E-state index contributed by atoms with van der Waals surface area (Å²) in [6, 6.07) is 101. The van der Waals surface area contributed by atoms with E-state index in [2.05, 4.69) is 308 Å². The van der Waals surface area contributed by atoms with Crippen LogP contribution in [0.5, 0.6) is 0 Å². The molecule has 0 amide bonds. The molecule has 0 atom stereocenters. The molecule has 0 spiro atoms. The molecule has 0 saturated heterocycles. The smallest absolute Gasteiger partial charge is 0.143 e. The lowest BCUT2D eigenvalue weighted by atomic mass is 9.69. The van der Waals surface area contributed by atoms with Crippen molar-refractivity contribution in [2.45, 2.75) is 148 Å². The molecule has 0 saturated carbocycles. The van der Waals surface area contributed by atoms with Crippen LogP contribution in [0.2, 0.25) is 0 Å². The first kappa shape index (κ1) is 65.0. The van der Waals surface area contributed by atoms with Gasteiger partial charge in [0.1, 0.15) is 22.3 Å². The highest BCUT2D eigenvalue weighted by Gasteiger charge is 2.49. The van der Waals surface area contributed by atoms with Crippen LogP contribution >= 0.6 is 0 Å². The maximum absolute atomic E-state index is 6.94. The molecule has 16 aromatic rings. The molecule has 19 rings (SSSR count). The molecule has 0 fully saturated rings. The van der Waals surface area contributed by atoms with Crippen molar-refractivity contribution in [2.75, 3.05) is 0 Å². The minimum absolute atomic E-state index is 0.146. The molecule has 0 aliphatic heterocycles. The van der Waals surface area contributed by atoms with Crippen LogP contribution in [0.4, 0.5) is 0 Å². The summed E-state index contributed by atoms with van der Waals surface area (Å²) in [5.74, 6) is 0. The Morgan fingerprint density at radius 3 is 0.848 bits per heavy atom. The molecule has 3 aliphatic rings. The Balaban J connectivity index is 0.723. The van der Waals surface area contributed by atoms with Crippen molar-refractivity contribution in [3.63, 3.8) is 0 Å². The lowest BCUT2D eigenvalue weighted by molar-refractivity contribution is 0.398. The number of rotatable bonds is 20. The van der Waals surface area contributed by atoms with Gasteiger partial charge in [-0.25, -0.2) is 0 Å². The molecular formula is C103H90O2. The van der Waals surface area contributed by atoms with E-state index in [4.69, 9.17) is 8.83 Å². The summed E-state index contributed by atoms with van der Waals surface area (Å²) < 4.78 is 13.9. The van der Waals surface area contributed by atoms with Crippen LogP contribution in [0.25, 0.3) is 166 Å². The van der Waals surface area contributed by atoms with Crippen LogP contribution in [-0.2, 0) is 16.2 Å². The van der Waals surface area contributed by atoms with Gasteiger partial charge in [-0.3, -0.25) is 0 Å². The number of hydrogen-bond acceptors (Lipinski definition) is 2. The summed E-state index contributed by atoms with van der Waals surface area (Å²) in [4.78, 5) is 0. The normalized spacial score (nSPS) is 14.2. The molecule has 2 heteroatoms. The lowest BCUT2D eigenvalue weighted by Gasteiger charge is -2.34. The Kier molecular flexibility index (Phi) is 16.0. The van der Waals surface area contributed by atoms with Gasteiger partial charge in [-0.2, -0.15) is 0 Å². The molecular weight excluding hydrogens is 1270 g/mol. The fraction of sp³-hybridized carbons (Fsp3) is 0.223. The molecule has 514 valence electrons. The minimum atomic E-state index is -0.273. The molecule has 0 radical (unpaired) electrons.